The Morgan fingerprint density at radius 3 is 1.89 bits per heavy atom. The predicted octanol–water partition coefficient (Wildman–Crippen LogP) is 1.44. The van der Waals surface area contributed by atoms with Gasteiger partial charge >= 0.3 is 0 Å². The topological polar surface area (TPSA) is 9.23 Å². The second-order valence-electron chi connectivity index (χ2n) is 1.67. The Morgan fingerprint density at radius 2 is 1.78 bits per heavy atom. The molecule has 0 aromatic rings. The van der Waals surface area contributed by atoms with Gasteiger partial charge in [0.05, 0.1) is 6.10 Å². The van der Waals surface area contributed by atoms with Crippen LogP contribution >= 0.6 is 0 Å². The van der Waals surface area contributed by atoms with Gasteiger partial charge in [-0.1, -0.05) is 6.92 Å². The molecule has 0 saturated heterocycles. The van der Waals surface area contributed by atoms with Crippen LogP contribution in [0.25, 0.3) is 0 Å². The minimum Gasteiger partial charge on any atom is -0.379 e. The molecule has 0 aromatic carbocycles. The molecular weight excluding hydrogens is 283 g/mol. The zero-order valence-corrected chi connectivity index (χ0v) is 9.32. The molecule has 0 aromatic heterocycles. The molecule has 9 heavy (non-hydrogen) atoms. The van der Waals surface area contributed by atoms with Crippen LogP contribution in [-0.4, -0.2) is 21.1 Å². The molecule has 0 rings (SSSR count). The van der Waals surface area contributed by atoms with Gasteiger partial charge in [0, 0.05) is 36.1 Å². The van der Waals surface area contributed by atoms with Crippen molar-refractivity contribution in [1.82, 2.24) is 0 Å². The average molecular weight is 297 g/mol. The van der Waals surface area contributed by atoms with E-state index in [1.807, 2.05) is 6.92 Å². The van der Waals surface area contributed by atoms with Gasteiger partial charge < -0.3 is 4.74 Å². The monoisotopic (exact) mass is 297 g/mol. The van der Waals surface area contributed by atoms with Crippen LogP contribution in [0.5, 0.6) is 0 Å². The maximum Gasteiger partial charge on any atom is 0.0544 e. The molecule has 0 heterocycles. The van der Waals surface area contributed by atoms with E-state index in [0.29, 0.717) is 6.10 Å². The first-order valence-corrected chi connectivity index (χ1v) is 2.92. The molecule has 53 valence electrons. The Balaban J connectivity index is -0.000000180. The maximum atomic E-state index is 5.19. The van der Waals surface area contributed by atoms with Gasteiger partial charge in [-0.15, -0.1) is 0 Å². The summed E-state index contributed by atoms with van der Waals surface area (Å²) < 4.78 is 5.19. The van der Waals surface area contributed by atoms with Gasteiger partial charge in [-0.25, -0.2) is 0 Å². The van der Waals surface area contributed by atoms with E-state index < -0.39 is 0 Å². The van der Waals surface area contributed by atoms with Gasteiger partial charge in [0.1, 0.15) is 0 Å². The number of hydrogen-bond acceptors (Lipinski definition) is 1. The van der Waals surface area contributed by atoms with Gasteiger partial charge in [-0.2, -0.15) is 0 Å². The summed E-state index contributed by atoms with van der Waals surface area (Å²) in [6, 6.07) is 0. The maximum absolute atomic E-state index is 5.19. The van der Waals surface area contributed by atoms with Gasteiger partial charge in [0.2, 0.25) is 0 Å². The molecule has 0 bridgehead atoms. The molecule has 3 heteroatoms. The summed E-state index contributed by atoms with van der Waals surface area (Å²) in [7, 11) is 0. The molecule has 0 aliphatic carbocycles. The standard InChI is InChI=1S/C6H14O.B.W/c1-4-6(3)7-5-2;;/h6H,4-5H2,1-3H3;;. The summed E-state index contributed by atoms with van der Waals surface area (Å²) >= 11 is 0. The van der Waals surface area contributed by atoms with Gasteiger partial charge in [0.15, 0.2) is 0 Å². The van der Waals surface area contributed by atoms with Crippen LogP contribution in [-0.2, 0) is 25.8 Å². The van der Waals surface area contributed by atoms with Crippen LogP contribution in [0.2, 0.25) is 0 Å². The van der Waals surface area contributed by atoms with Gasteiger partial charge in [-0.05, 0) is 20.3 Å². The fourth-order valence-electron chi connectivity index (χ4n) is 0.402. The summed E-state index contributed by atoms with van der Waals surface area (Å²) in [4.78, 5) is 0. The molecule has 1 atom stereocenters. The SMILES string of the molecule is CCOC(C)CC.[B].[W]. The molecule has 0 aliphatic rings. The van der Waals surface area contributed by atoms with Crippen LogP contribution in [0.1, 0.15) is 27.2 Å². The first kappa shape index (κ1) is 16.4. The molecule has 1 nitrogen and oxygen atoms in total. The van der Waals surface area contributed by atoms with Crippen molar-refractivity contribution in [2.75, 3.05) is 6.61 Å². The Kier molecular flexibility index (Phi) is 20.9. The molecule has 0 amide bonds. The Morgan fingerprint density at radius 1 is 1.33 bits per heavy atom. The normalized spacial score (nSPS) is 11.0. The minimum absolute atomic E-state index is 0. The van der Waals surface area contributed by atoms with Crippen LogP contribution in [0, 0.1) is 0 Å². The van der Waals surface area contributed by atoms with E-state index in [4.69, 9.17) is 4.74 Å². The Labute approximate surface area is 74.4 Å². The van der Waals surface area contributed by atoms with Gasteiger partial charge in [0.25, 0.3) is 0 Å². The third-order valence-electron chi connectivity index (χ3n) is 1.03. The zero-order valence-electron chi connectivity index (χ0n) is 6.39. The van der Waals surface area contributed by atoms with Crippen molar-refractivity contribution in [1.29, 1.82) is 0 Å². The van der Waals surface area contributed by atoms with Crippen molar-refractivity contribution in [3.05, 3.63) is 0 Å². The van der Waals surface area contributed by atoms with E-state index in [0.717, 1.165) is 13.0 Å². The molecule has 3 radical (unpaired) electrons. The largest absolute Gasteiger partial charge is 0.379 e. The van der Waals surface area contributed by atoms with Crippen LogP contribution in [0.4, 0.5) is 0 Å². The molecule has 0 N–H and O–H groups in total. The van der Waals surface area contributed by atoms with E-state index in [9.17, 15) is 0 Å². The summed E-state index contributed by atoms with van der Waals surface area (Å²) in [6.45, 7) is 7.07. The average Bonchev–Trinajstić information content (AvgIpc) is 1.68. The minimum atomic E-state index is 0. The van der Waals surface area contributed by atoms with Crippen LogP contribution in [0.15, 0.2) is 0 Å². The molecule has 0 saturated carbocycles. The summed E-state index contributed by atoms with van der Waals surface area (Å²) in [5.41, 5.74) is 0. The molecule has 1 unspecified atom stereocenters. The predicted molar refractivity (Wildman–Crippen MR) is 37.1 cm³/mol. The fourth-order valence-corrected chi connectivity index (χ4v) is 0.402. The first-order chi connectivity index (χ1) is 3.31. The first-order valence-electron chi connectivity index (χ1n) is 2.92. The molecular formula is C6H14BOW. The van der Waals surface area contributed by atoms with E-state index in [-0.39, 0.29) is 29.5 Å². The van der Waals surface area contributed by atoms with Crippen molar-refractivity contribution < 1.29 is 25.8 Å². The Hall–Kier alpha value is 0.713. The summed E-state index contributed by atoms with van der Waals surface area (Å²) in [5.74, 6) is 0. The van der Waals surface area contributed by atoms with Crippen molar-refractivity contribution in [2.45, 2.75) is 33.3 Å². The van der Waals surface area contributed by atoms with Gasteiger partial charge in [-0.3, -0.25) is 0 Å². The van der Waals surface area contributed by atoms with Crippen molar-refractivity contribution >= 4 is 8.41 Å². The third-order valence-corrected chi connectivity index (χ3v) is 1.03. The number of hydrogen-bond donors (Lipinski definition) is 0. The second-order valence-corrected chi connectivity index (χ2v) is 1.67. The molecule has 0 spiro atoms. The van der Waals surface area contributed by atoms with E-state index in [1.165, 1.54) is 0 Å². The fraction of sp³-hybridized carbons (Fsp3) is 1.00. The third kappa shape index (κ3) is 12.0. The quantitative estimate of drug-likeness (QED) is 0.716. The zero-order chi connectivity index (χ0) is 5.70. The molecule has 0 aliphatic heterocycles. The van der Waals surface area contributed by atoms with E-state index in [2.05, 4.69) is 13.8 Å². The van der Waals surface area contributed by atoms with Crippen molar-refractivity contribution in [2.24, 2.45) is 0 Å². The Bertz CT molecular complexity index is 44.0. The smallest absolute Gasteiger partial charge is 0.0544 e. The molecule has 0 fully saturated rings. The number of ether oxygens (including phenoxy) is 1. The second kappa shape index (κ2) is 11.5. The van der Waals surface area contributed by atoms with Crippen molar-refractivity contribution in [3.63, 3.8) is 0 Å². The van der Waals surface area contributed by atoms with E-state index in [1.54, 1.807) is 0 Å². The summed E-state index contributed by atoms with van der Waals surface area (Å²) in [6.07, 6.45) is 1.57. The van der Waals surface area contributed by atoms with E-state index >= 15 is 0 Å². The van der Waals surface area contributed by atoms with Crippen molar-refractivity contribution in [3.8, 4) is 0 Å². The van der Waals surface area contributed by atoms with Crippen LogP contribution < -0.4 is 0 Å². The van der Waals surface area contributed by atoms with Crippen LogP contribution in [0.3, 0.4) is 0 Å². The number of rotatable bonds is 3. The summed E-state index contributed by atoms with van der Waals surface area (Å²) in [5, 5.41) is 0.